The van der Waals surface area contributed by atoms with Gasteiger partial charge in [0.05, 0.1) is 11.6 Å². The third-order valence-electron chi connectivity index (χ3n) is 5.58. The fraction of sp³-hybridized carbons (Fsp3) is 0.240. The average Bonchev–Trinajstić information content (AvgIpc) is 3.45. The molecule has 0 bridgehead atoms. The molecule has 4 rings (SSSR count). The van der Waals surface area contributed by atoms with Gasteiger partial charge in [-0.15, -0.1) is 17.9 Å². The van der Waals surface area contributed by atoms with Crippen LogP contribution in [0.2, 0.25) is 0 Å². The van der Waals surface area contributed by atoms with Gasteiger partial charge in [0.2, 0.25) is 0 Å². The zero-order valence-corrected chi connectivity index (χ0v) is 18.7. The number of aromatic nitrogens is 1. The fourth-order valence-corrected chi connectivity index (χ4v) is 5.08. The Morgan fingerprint density at radius 3 is 2.69 bits per heavy atom. The molecule has 0 unspecified atom stereocenters. The SMILES string of the molecule is C=CCn1c(=C(C#N)C(=O)N2CCCC2)sc(=Cc2c(OC)ccc3ccccc23)c1=O. The fourth-order valence-electron chi connectivity index (χ4n) is 4.00. The van der Waals surface area contributed by atoms with Gasteiger partial charge in [-0.2, -0.15) is 5.26 Å². The zero-order valence-electron chi connectivity index (χ0n) is 17.8. The summed E-state index contributed by atoms with van der Waals surface area (Å²) in [7, 11) is 1.59. The highest BCUT2D eigenvalue weighted by molar-refractivity contribution is 7.07. The highest BCUT2D eigenvalue weighted by atomic mass is 32.1. The quantitative estimate of drug-likeness (QED) is 0.565. The number of amides is 1. The minimum atomic E-state index is -0.321. The molecule has 1 aliphatic heterocycles. The van der Waals surface area contributed by atoms with Crippen molar-refractivity contribution in [1.82, 2.24) is 9.47 Å². The molecule has 1 aromatic heterocycles. The largest absolute Gasteiger partial charge is 0.496 e. The Bertz CT molecular complexity index is 1420. The number of hydrogen-bond donors (Lipinski definition) is 0. The van der Waals surface area contributed by atoms with E-state index < -0.39 is 0 Å². The molecule has 32 heavy (non-hydrogen) atoms. The Morgan fingerprint density at radius 1 is 1.25 bits per heavy atom. The lowest BCUT2D eigenvalue weighted by Gasteiger charge is -2.13. The van der Waals surface area contributed by atoms with E-state index in [1.165, 1.54) is 4.57 Å². The summed E-state index contributed by atoms with van der Waals surface area (Å²) in [4.78, 5) is 28.0. The number of rotatable bonds is 5. The minimum absolute atomic E-state index is 0.000356. The van der Waals surface area contributed by atoms with Crippen LogP contribution in [0.25, 0.3) is 22.4 Å². The molecule has 1 amide bonds. The minimum Gasteiger partial charge on any atom is -0.496 e. The standard InChI is InChI=1S/C25H23N3O3S/c1-3-12-28-24(30)22(32-25(28)20(16-26)23(29)27-13-6-7-14-27)15-19-18-9-5-4-8-17(18)10-11-21(19)31-2/h3-5,8-11,15H,1,6-7,12-14H2,2H3. The molecule has 0 aliphatic carbocycles. The second kappa shape index (κ2) is 9.25. The van der Waals surface area contributed by atoms with Gasteiger partial charge in [0.15, 0.2) is 5.57 Å². The molecule has 2 aromatic carbocycles. The van der Waals surface area contributed by atoms with Crippen LogP contribution in [0.4, 0.5) is 0 Å². The van der Waals surface area contributed by atoms with Gasteiger partial charge < -0.3 is 9.64 Å². The third-order valence-corrected chi connectivity index (χ3v) is 6.71. The van der Waals surface area contributed by atoms with E-state index >= 15 is 0 Å². The highest BCUT2D eigenvalue weighted by Crippen LogP contribution is 2.28. The number of nitrogens with zero attached hydrogens (tertiary/aromatic N) is 3. The van der Waals surface area contributed by atoms with Crippen molar-refractivity contribution < 1.29 is 9.53 Å². The molecule has 7 heteroatoms. The number of benzene rings is 2. The molecular weight excluding hydrogens is 422 g/mol. The highest BCUT2D eigenvalue weighted by Gasteiger charge is 2.24. The molecule has 0 N–H and O–H groups in total. The molecule has 0 spiro atoms. The summed E-state index contributed by atoms with van der Waals surface area (Å²) in [5, 5.41) is 11.8. The number of carbonyl (C=O) groups excluding carboxylic acids is 1. The maximum absolute atomic E-state index is 13.3. The molecule has 1 saturated heterocycles. The van der Waals surface area contributed by atoms with Crippen LogP contribution in [0, 0.1) is 11.3 Å². The lowest BCUT2D eigenvalue weighted by atomic mass is 10.0. The Labute approximate surface area is 189 Å². The molecule has 0 radical (unpaired) electrons. The lowest BCUT2D eigenvalue weighted by Crippen LogP contribution is -2.35. The van der Waals surface area contributed by atoms with E-state index in [2.05, 4.69) is 12.6 Å². The maximum atomic E-state index is 13.3. The van der Waals surface area contributed by atoms with Gasteiger partial charge in [0.1, 0.15) is 16.5 Å². The molecule has 6 nitrogen and oxygen atoms in total. The number of nitriles is 1. The summed E-state index contributed by atoms with van der Waals surface area (Å²) >= 11 is 1.15. The van der Waals surface area contributed by atoms with Crippen molar-refractivity contribution in [2.45, 2.75) is 19.4 Å². The number of methoxy groups -OCH3 is 1. The van der Waals surface area contributed by atoms with Gasteiger partial charge in [-0.1, -0.05) is 36.4 Å². The first-order chi connectivity index (χ1) is 15.6. The van der Waals surface area contributed by atoms with Crippen molar-refractivity contribution in [2.75, 3.05) is 20.2 Å². The van der Waals surface area contributed by atoms with Crippen LogP contribution in [0.1, 0.15) is 18.4 Å². The van der Waals surface area contributed by atoms with Crippen molar-refractivity contribution in [2.24, 2.45) is 0 Å². The van der Waals surface area contributed by atoms with E-state index in [1.54, 1.807) is 24.2 Å². The number of fused-ring (bicyclic) bond motifs is 1. The summed E-state index contributed by atoms with van der Waals surface area (Å²) < 4.78 is 7.80. The second-order valence-corrected chi connectivity index (χ2v) is 8.54. The van der Waals surface area contributed by atoms with E-state index in [4.69, 9.17) is 4.74 Å². The predicted octanol–water partition coefficient (Wildman–Crippen LogP) is 2.38. The molecular formula is C25H23N3O3S. The van der Waals surface area contributed by atoms with Crippen LogP contribution in [0.15, 0.2) is 53.8 Å². The Hall–Kier alpha value is -3.63. The molecule has 1 aliphatic rings. The van der Waals surface area contributed by atoms with E-state index in [0.717, 1.165) is 40.5 Å². The van der Waals surface area contributed by atoms with Gasteiger partial charge in [0, 0.05) is 25.2 Å². The van der Waals surface area contributed by atoms with Crippen LogP contribution >= 0.6 is 11.3 Å². The van der Waals surface area contributed by atoms with E-state index in [1.807, 2.05) is 36.4 Å². The van der Waals surface area contributed by atoms with Gasteiger partial charge in [-0.3, -0.25) is 14.2 Å². The van der Waals surface area contributed by atoms with Crippen molar-refractivity contribution in [1.29, 1.82) is 5.26 Å². The van der Waals surface area contributed by atoms with Crippen LogP contribution in [-0.4, -0.2) is 35.6 Å². The number of thiazole rings is 1. The summed E-state index contributed by atoms with van der Waals surface area (Å²) in [5.74, 6) is 0.323. The average molecular weight is 446 g/mol. The summed E-state index contributed by atoms with van der Waals surface area (Å²) in [6.45, 7) is 5.21. The van der Waals surface area contributed by atoms with Crippen molar-refractivity contribution in [3.63, 3.8) is 0 Å². The first-order valence-electron chi connectivity index (χ1n) is 10.4. The van der Waals surface area contributed by atoms with Crippen LogP contribution in [-0.2, 0) is 11.3 Å². The van der Waals surface area contributed by atoms with Crippen molar-refractivity contribution in [3.8, 4) is 11.8 Å². The number of ether oxygens (including phenoxy) is 1. The lowest BCUT2D eigenvalue weighted by molar-refractivity contribution is -0.123. The van der Waals surface area contributed by atoms with Crippen LogP contribution in [0.5, 0.6) is 5.75 Å². The van der Waals surface area contributed by atoms with Gasteiger partial charge in [-0.05, 0) is 35.8 Å². The zero-order chi connectivity index (χ0) is 22.7. The third kappa shape index (κ3) is 3.85. The monoisotopic (exact) mass is 445 g/mol. The first-order valence-corrected chi connectivity index (χ1v) is 11.2. The van der Waals surface area contributed by atoms with E-state index in [0.29, 0.717) is 28.0 Å². The van der Waals surface area contributed by atoms with E-state index in [9.17, 15) is 14.9 Å². The predicted molar refractivity (Wildman–Crippen MR) is 127 cm³/mol. The van der Waals surface area contributed by atoms with E-state index in [-0.39, 0.29) is 23.6 Å². The number of carbonyl (C=O) groups is 1. The summed E-state index contributed by atoms with van der Waals surface area (Å²) in [5.41, 5.74) is 0.521. The number of likely N-dealkylation sites (tertiary alicyclic amines) is 1. The molecule has 162 valence electrons. The number of allylic oxidation sites excluding steroid dienone is 1. The second-order valence-electron chi connectivity index (χ2n) is 7.51. The van der Waals surface area contributed by atoms with Crippen LogP contribution in [0.3, 0.4) is 0 Å². The topological polar surface area (TPSA) is 75.3 Å². The van der Waals surface area contributed by atoms with Gasteiger partial charge >= 0.3 is 0 Å². The summed E-state index contributed by atoms with van der Waals surface area (Å²) in [6.07, 6.45) is 5.23. The van der Waals surface area contributed by atoms with Crippen molar-refractivity contribution >= 4 is 39.7 Å². The van der Waals surface area contributed by atoms with Crippen LogP contribution < -0.4 is 19.5 Å². The Balaban J connectivity index is 2.01. The van der Waals surface area contributed by atoms with Gasteiger partial charge in [0.25, 0.3) is 11.5 Å². The van der Waals surface area contributed by atoms with Crippen molar-refractivity contribution in [3.05, 3.63) is 74.2 Å². The Kier molecular flexibility index (Phi) is 6.24. The normalized spacial score (nSPS) is 15.0. The Morgan fingerprint density at radius 2 is 2.00 bits per heavy atom. The molecule has 3 aromatic rings. The maximum Gasteiger partial charge on any atom is 0.269 e. The first kappa shape index (κ1) is 21.6. The number of hydrogen-bond acceptors (Lipinski definition) is 5. The molecule has 2 heterocycles. The summed E-state index contributed by atoms with van der Waals surface area (Å²) in [6, 6.07) is 13.8. The van der Waals surface area contributed by atoms with Gasteiger partial charge in [-0.25, -0.2) is 0 Å². The molecule has 0 saturated carbocycles. The smallest absolute Gasteiger partial charge is 0.269 e. The molecule has 1 fully saturated rings. The molecule has 0 atom stereocenters.